The Morgan fingerprint density at radius 2 is 1.91 bits per heavy atom. The van der Waals surface area contributed by atoms with Crippen molar-refractivity contribution >= 4 is 5.97 Å². The lowest BCUT2D eigenvalue weighted by Crippen LogP contribution is -2.33. The third kappa shape index (κ3) is 4.75. The SMILES string of the molecule is CC(C)OOC(=O)C(C)(C)O. The summed E-state index contributed by atoms with van der Waals surface area (Å²) >= 11 is 0. The average molecular weight is 162 g/mol. The van der Waals surface area contributed by atoms with Crippen LogP contribution in [0.5, 0.6) is 0 Å². The molecule has 0 saturated heterocycles. The quantitative estimate of drug-likeness (QED) is 0.488. The summed E-state index contributed by atoms with van der Waals surface area (Å²) in [4.78, 5) is 19.6. The van der Waals surface area contributed by atoms with E-state index in [4.69, 9.17) is 5.11 Å². The lowest BCUT2D eigenvalue weighted by atomic mass is 10.1. The molecule has 0 unspecified atom stereocenters. The minimum atomic E-state index is -1.49. The van der Waals surface area contributed by atoms with E-state index >= 15 is 0 Å². The molecule has 0 amide bonds. The molecule has 0 aromatic carbocycles. The molecular formula is C7H14O4. The first-order valence-electron chi connectivity index (χ1n) is 3.44. The van der Waals surface area contributed by atoms with E-state index in [0.29, 0.717) is 0 Å². The van der Waals surface area contributed by atoms with Crippen LogP contribution >= 0.6 is 0 Å². The van der Waals surface area contributed by atoms with Gasteiger partial charge in [0, 0.05) is 0 Å². The molecule has 0 aromatic heterocycles. The molecule has 0 radical (unpaired) electrons. The summed E-state index contributed by atoms with van der Waals surface area (Å²) in [5.41, 5.74) is -1.49. The largest absolute Gasteiger partial charge is 0.379 e. The second-order valence-corrected chi connectivity index (χ2v) is 3.07. The van der Waals surface area contributed by atoms with Gasteiger partial charge in [0.25, 0.3) is 0 Å². The van der Waals surface area contributed by atoms with Crippen LogP contribution in [-0.2, 0) is 14.6 Å². The molecule has 1 N–H and O–H groups in total. The van der Waals surface area contributed by atoms with Gasteiger partial charge in [-0.2, -0.15) is 4.89 Å². The van der Waals surface area contributed by atoms with Crippen LogP contribution in [0, 0.1) is 0 Å². The number of hydrogen-bond donors (Lipinski definition) is 1. The highest BCUT2D eigenvalue weighted by Crippen LogP contribution is 2.04. The van der Waals surface area contributed by atoms with Crippen LogP contribution in [-0.4, -0.2) is 22.8 Å². The fourth-order valence-corrected chi connectivity index (χ4v) is 0.242. The van der Waals surface area contributed by atoms with Crippen LogP contribution < -0.4 is 0 Å². The highest BCUT2D eigenvalue weighted by atomic mass is 17.2. The molecule has 0 aliphatic heterocycles. The first-order chi connectivity index (χ1) is 4.84. The summed E-state index contributed by atoms with van der Waals surface area (Å²) in [6.07, 6.45) is -0.193. The minimum Gasteiger partial charge on any atom is -0.379 e. The number of aliphatic hydroxyl groups is 1. The molecule has 66 valence electrons. The lowest BCUT2D eigenvalue weighted by molar-refractivity contribution is -0.301. The molecule has 11 heavy (non-hydrogen) atoms. The smallest absolute Gasteiger partial charge is 0.372 e. The van der Waals surface area contributed by atoms with Gasteiger partial charge in [0.05, 0.1) is 6.10 Å². The van der Waals surface area contributed by atoms with Crippen molar-refractivity contribution in [2.45, 2.75) is 39.4 Å². The van der Waals surface area contributed by atoms with Gasteiger partial charge < -0.3 is 5.11 Å². The Bertz CT molecular complexity index is 134. The van der Waals surface area contributed by atoms with Gasteiger partial charge in [0.2, 0.25) is 0 Å². The molecule has 0 bridgehead atoms. The van der Waals surface area contributed by atoms with Crippen LogP contribution in [0.1, 0.15) is 27.7 Å². The summed E-state index contributed by atoms with van der Waals surface area (Å²) < 4.78 is 0. The second-order valence-electron chi connectivity index (χ2n) is 3.07. The molecule has 0 saturated carbocycles. The maximum Gasteiger partial charge on any atom is 0.372 e. The second kappa shape index (κ2) is 3.69. The Hall–Kier alpha value is -0.610. The van der Waals surface area contributed by atoms with Gasteiger partial charge in [0.1, 0.15) is 0 Å². The zero-order valence-electron chi connectivity index (χ0n) is 7.25. The van der Waals surface area contributed by atoms with Gasteiger partial charge in [-0.3, -0.25) is 4.89 Å². The van der Waals surface area contributed by atoms with Crippen molar-refractivity contribution in [2.75, 3.05) is 0 Å². The van der Waals surface area contributed by atoms with Crippen molar-refractivity contribution in [1.29, 1.82) is 0 Å². The van der Waals surface area contributed by atoms with E-state index in [9.17, 15) is 4.79 Å². The third-order valence-corrected chi connectivity index (χ3v) is 0.816. The van der Waals surface area contributed by atoms with E-state index in [-0.39, 0.29) is 6.10 Å². The Labute approximate surface area is 66.0 Å². The minimum absolute atomic E-state index is 0.193. The molecule has 0 heterocycles. The number of rotatable bonds is 3. The molecule has 0 atom stereocenters. The van der Waals surface area contributed by atoms with Crippen LogP contribution in [0.15, 0.2) is 0 Å². The van der Waals surface area contributed by atoms with Crippen LogP contribution in [0.2, 0.25) is 0 Å². The molecule has 0 spiro atoms. The first-order valence-corrected chi connectivity index (χ1v) is 3.44. The van der Waals surface area contributed by atoms with E-state index in [0.717, 1.165) is 0 Å². The molecule has 0 rings (SSSR count). The van der Waals surface area contributed by atoms with Gasteiger partial charge in [-0.15, -0.1) is 0 Å². The van der Waals surface area contributed by atoms with E-state index < -0.39 is 11.6 Å². The van der Waals surface area contributed by atoms with Crippen LogP contribution in [0.3, 0.4) is 0 Å². The maximum absolute atomic E-state index is 10.8. The van der Waals surface area contributed by atoms with E-state index in [1.807, 2.05) is 0 Å². The molecule has 0 aromatic rings. The summed E-state index contributed by atoms with van der Waals surface area (Å²) in [7, 11) is 0. The number of carbonyl (C=O) groups excluding carboxylic acids is 1. The monoisotopic (exact) mass is 162 g/mol. The number of hydrogen-bond acceptors (Lipinski definition) is 4. The van der Waals surface area contributed by atoms with Crippen LogP contribution in [0.4, 0.5) is 0 Å². The van der Waals surface area contributed by atoms with E-state index in [2.05, 4.69) is 9.78 Å². The van der Waals surface area contributed by atoms with Gasteiger partial charge in [-0.1, -0.05) is 0 Å². The van der Waals surface area contributed by atoms with Crippen molar-refractivity contribution in [3.05, 3.63) is 0 Å². The van der Waals surface area contributed by atoms with Crippen molar-refractivity contribution < 1.29 is 19.7 Å². The van der Waals surface area contributed by atoms with Gasteiger partial charge >= 0.3 is 5.97 Å². The third-order valence-electron chi connectivity index (χ3n) is 0.816. The van der Waals surface area contributed by atoms with E-state index in [1.165, 1.54) is 13.8 Å². The van der Waals surface area contributed by atoms with Crippen molar-refractivity contribution in [3.63, 3.8) is 0 Å². The Morgan fingerprint density at radius 3 is 2.18 bits per heavy atom. The van der Waals surface area contributed by atoms with Crippen LogP contribution in [0.25, 0.3) is 0 Å². The van der Waals surface area contributed by atoms with Gasteiger partial charge in [-0.25, -0.2) is 4.79 Å². The van der Waals surface area contributed by atoms with Crippen molar-refractivity contribution in [3.8, 4) is 0 Å². The summed E-state index contributed by atoms with van der Waals surface area (Å²) in [5, 5.41) is 9.04. The van der Waals surface area contributed by atoms with Crippen molar-refractivity contribution in [1.82, 2.24) is 0 Å². The number of carbonyl (C=O) groups is 1. The molecule has 0 aliphatic rings. The molecule has 0 aliphatic carbocycles. The standard InChI is InChI=1S/C7H14O4/c1-5(2)10-11-6(8)7(3,4)9/h5,9H,1-4H3. The Kier molecular flexibility index (Phi) is 3.48. The Morgan fingerprint density at radius 1 is 1.45 bits per heavy atom. The zero-order chi connectivity index (χ0) is 9.07. The molecule has 0 fully saturated rings. The highest BCUT2D eigenvalue weighted by Gasteiger charge is 2.27. The predicted molar refractivity (Wildman–Crippen MR) is 38.6 cm³/mol. The highest BCUT2D eigenvalue weighted by molar-refractivity contribution is 5.77. The molecule has 4 nitrogen and oxygen atoms in total. The normalized spacial score (nSPS) is 11.8. The average Bonchev–Trinajstić information content (AvgIpc) is 1.80. The summed E-state index contributed by atoms with van der Waals surface area (Å²) in [6, 6.07) is 0. The van der Waals surface area contributed by atoms with Crippen molar-refractivity contribution in [2.24, 2.45) is 0 Å². The summed E-state index contributed by atoms with van der Waals surface area (Å²) in [6.45, 7) is 6.10. The first kappa shape index (κ1) is 10.4. The maximum atomic E-state index is 10.8. The van der Waals surface area contributed by atoms with Gasteiger partial charge in [-0.05, 0) is 27.7 Å². The summed E-state index contributed by atoms with van der Waals surface area (Å²) in [5.74, 6) is -0.786. The fourth-order valence-electron chi connectivity index (χ4n) is 0.242. The van der Waals surface area contributed by atoms with E-state index in [1.54, 1.807) is 13.8 Å². The fraction of sp³-hybridized carbons (Fsp3) is 0.857. The molecule has 4 heteroatoms. The zero-order valence-corrected chi connectivity index (χ0v) is 7.25. The van der Waals surface area contributed by atoms with Gasteiger partial charge in [0.15, 0.2) is 5.60 Å². The molecular weight excluding hydrogens is 148 g/mol. The Balaban J connectivity index is 3.71. The predicted octanol–water partition coefficient (Wildman–Crippen LogP) is 0.641. The topological polar surface area (TPSA) is 55.8 Å². The lowest BCUT2D eigenvalue weighted by Gasteiger charge is -2.14.